The summed E-state index contributed by atoms with van der Waals surface area (Å²) in [5, 5.41) is 11.4. The van der Waals surface area contributed by atoms with Crippen molar-refractivity contribution in [2.75, 3.05) is 27.3 Å². The van der Waals surface area contributed by atoms with Crippen LogP contribution in [0.2, 0.25) is 0 Å². The first-order chi connectivity index (χ1) is 19.4. The smallest absolute Gasteiger partial charge is 0.247 e. The number of aromatic nitrogens is 4. The van der Waals surface area contributed by atoms with Crippen LogP contribution in [0.1, 0.15) is 37.4 Å². The molecule has 0 saturated carbocycles. The van der Waals surface area contributed by atoms with Gasteiger partial charge in [-0.1, -0.05) is 37.3 Å². The van der Waals surface area contributed by atoms with Crippen molar-refractivity contribution in [3.8, 4) is 11.5 Å². The van der Waals surface area contributed by atoms with Crippen LogP contribution in [0.3, 0.4) is 0 Å². The largest absolute Gasteiger partial charge is 0.493 e. The van der Waals surface area contributed by atoms with E-state index in [1.54, 1.807) is 48.3 Å². The maximum Gasteiger partial charge on any atom is 0.247 e. The zero-order valence-corrected chi connectivity index (χ0v) is 23.4. The fraction of sp³-hybridized carbons (Fsp3) is 0.367. The number of pyridine rings is 1. The molecule has 0 fully saturated rings. The summed E-state index contributed by atoms with van der Waals surface area (Å²) >= 11 is 0. The Labute approximate surface area is 234 Å². The van der Waals surface area contributed by atoms with Crippen LogP contribution in [-0.2, 0) is 22.6 Å². The second-order valence-corrected chi connectivity index (χ2v) is 9.92. The Kier molecular flexibility index (Phi) is 9.66. The summed E-state index contributed by atoms with van der Waals surface area (Å²) in [4.78, 5) is 33.4. The molecule has 210 valence electrons. The van der Waals surface area contributed by atoms with Crippen molar-refractivity contribution < 1.29 is 19.1 Å². The molecule has 2 aromatic heterocycles. The second kappa shape index (κ2) is 13.5. The molecule has 0 bridgehead atoms. The van der Waals surface area contributed by atoms with Gasteiger partial charge in [-0.25, -0.2) is 4.68 Å². The minimum Gasteiger partial charge on any atom is -0.493 e. The van der Waals surface area contributed by atoms with Crippen LogP contribution in [0.5, 0.6) is 11.5 Å². The van der Waals surface area contributed by atoms with Crippen molar-refractivity contribution in [1.82, 2.24) is 30.2 Å². The van der Waals surface area contributed by atoms with Crippen LogP contribution in [0.15, 0.2) is 67.0 Å². The molecule has 0 aliphatic rings. The number of rotatable bonds is 13. The van der Waals surface area contributed by atoms with Gasteiger partial charge in [-0.15, -0.1) is 5.10 Å². The number of methoxy groups -OCH3 is 2. The molecule has 40 heavy (non-hydrogen) atoms. The van der Waals surface area contributed by atoms with Gasteiger partial charge in [0.15, 0.2) is 11.5 Å². The maximum atomic E-state index is 14.0. The first kappa shape index (κ1) is 28.5. The molecule has 0 radical (unpaired) electrons. The number of hydrogen-bond acceptors (Lipinski definition) is 7. The van der Waals surface area contributed by atoms with Crippen molar-refractivity contribution in [3.63, 3.8) is 0 Å². The molecule has 0 aliphatic carbocycles. The summed E-state index contributed by atoms with van der Waals surface area (Å²) in [6.45, 7) is 4.95. The molecule has 0 saturated heterocycles. The highest BCUT2D eigenvalue weighted by molar-refractivity contribution is 5.89. The number of hydrogen-bond donors (Lipinski definition) is 1. The van der Waals surface area contributed by atoms with E-state index < -0.39 is 6.04 Å². The lowest BCUT2D eigenvalue weighted by Crippen LogP contribution is -2.46. The van der Waals surface area contributed by atoms with E-state index in [1.807, 2.05) is 42.5 Å². The standard InChI is InChI=1S/C30H36N6O4/c1-21(2)11-17-32-30(38)29(23-12-15-31-16-13-23)35(18-14-22-9-10-26(39-3)27(19-22)40-4)28(37)20-36-25-8-6-5-7-24(25)33-34-36/h5-10,12-13,15-16,19,21,29H,11,14,17-18,20H2,1-4H3,(H,32,38). The third kappa shape index (κ3) is 6.93. The highest BCUT2D eigenvalue weighted by atomic mass is 16.5. The first-order valence-corrected chi connectivity index (χ1v) is 13.4. The normalized spacial score (nSPS) is 11.8. The van der Waals surface area contributed by atoms with Crippen molar-refractivity contribution in [2.45, 2.75) is 39.3 Å². The van der Waals surface area contributed by atoms with E-state index in [1.165, 1.54) is 0 Å². The fourth-order valence-electron chi connectivity index (χ4n) is 4.54. The second-order valence-electron chi connectivity index (χ2n) is 9.92. The number of benzene rings is 2. The van der Waals surface area contributed by atoms with Crippen LogP contribution in [0, 0.1) is 5.92 Å². The van der Waals surface area contributed by atoms with Crippen LogP contribution >= 0.6 is 0 Å². The highest BCUT2D eigenvalue weighted by Gasteiger charge is 2.32. The third-order valence-electron chi connectivity index (χ3n) is 6.72. The molecule has 10 heteroatoms. The maximum absolute atomic E-state index is 14.0. The monoisotopic (exact) mass is 544 g/mol. The highest BCUT2D eigenvalue weighted by Crippen LogP contribution is 2.29. The quantitative estimate of drug-likeness (QED) is 0.272. The average molecular weight is 545 g/mol. The number of amides is 2. The molecule has 4 rings (SSSR count). The number of nitrogens with zero attached hydrogens (tertiary/aromatic N) is 5. The van der Waals surface area contributed by atoms with Gasteiger partial charge in [0.2, 0.25) is 11.8 Å². The van der Waals surface area contributed by atoms with Gasteiger partial charge in [0.1, 0.15) is 18.1 Å². The minimum atomic E-state index is -0.849. The summed E-state index contributed by atoms with van der Waals surface area (Å²) in [6, 6.07) is 15.8. The Bertz CT molecular complexity index is 1420. The van der Waals surface area contributed by atoms with Crippen molar-refractivity contribution >= 4 is 22.8 Å². The van der Waals surface area contributed by atoms with Gasteiger partial charge in [0.05, 0.1) is 19.7 Å². The molecular weight excluding hydrogens is 508 g/mol. The summed E-state index contributed by atoms with van der Waals surface area (Å²) in [7, 11) is 3.17. The lowest BCUT2D eigenvalue weighted by molar-refractivity contribution is -0.141. The van der Waals surface area contributed by atoms with Gasteiger partial charge < -0.3 is 19.7 Å². The first-order valence-electron chi connectivity index (χ1n) is 13.4. The van der Waals surface area contributed by atoms with Crippen molar-refractivity contribution in [1.29, 1.82) is 0 Å². The molecule has 1 N–H and O–H groups in total. The predicted octanol–water partition coefficient (Wildman–Crippen LogP) is 3.82. The molecule has 2 aromatic carbocycles. The Balaban J connectivity index is 1.67. The molecule has 1 atom stereocenters. The third-order valence-corrected chi connectivity index (χ3v) is 6.72. The molecule has 10 nitrogen and oxygen atoms in total. The van der Waals surface area contributed by atoms with Gasteiger partial charge in [-0.05, 0) is 66.3 Å². The van der Waals surface area contributed by atoms with Crippen molar-refractivity contribution in [3.05, 3.63) is 78.1 Å². The topological polar surface area (TPSA) is 111 Å². The fourth-order valence-corrected chi connectivity index (χ4v) is 4.54. The summed E-state index contributed by atoms with van der Waals surface area (Å²) in [5.41, 5.74) is 3.07. The van der Waals surface area contributed by atoms with E-state index in [0.717, 1.165) is 17.5 Å². The van der Waals surface area contributed by atoms with Crippen LogP contribution in [0.4, 0.5) is 0 Å². The zero-order chi connectivity index (χ0) is 28.5. The molecule has 4 aromatic rings. The number of nitrogens with one attached hydrogen (secondary N) is 1. The molecule has 2 amide bonds. The lowest BCUT2D eigenvalue weighted by atomic mass is 10.0. The number of carbonyl (C=O) groups is 2. The average Bonchev–Trinajstić information content (AvgIpc) is 3.37. The van der Waals surface area contributed by atoms with E-state index in [9.17, 15) is 9.59 Å². The van der Waals surface area contributed by atoms with Gasteiger partial charge in [-0.2, -0.15) is 0 Å². The Hall–Kier alpha value is -4.47. The Morgan fingerprint density at radius 1 is 1.00 bits per heavy atom. The van der Waals surface area contributed by atoms with E-state index in [4.69, 9.17) is 9.47 Å². The van der Waals surface area contributed by atoms with Gasteiger partial charge in [0.25, 0.3) is 0 Å². The molecule has 1 unspecified atom stereocenters. The molecular formula is C30H36N6O4. The molecule has 2 heterocycles. The van der Waals surface area contributed by atoms with Crippen molar-refractivity contribution in [2.24, 2.45) is 5.92 Å². The number of para-hydroxylation sites is 1. The summed E-state index contributed by atoms with van der Waals surface area (Å²) < 4.78 is 12.4. The van der Waals surface area contributed by atoms with Gasteiger partial charge in [-0.3, -0.25) is 14.6 Å². The summed E-state index contributed by atoms with van der Waals surface area (Å²) in [5.74, 6) is 1.16. The minimum absolute atomic E-state index is 0.0622. The van der Waals surface area contributed by atoms with Crippen LogP contribution < -0.4 is 14.8 Å². The Morgan fingerprint density at radius 2 is 1.75 bits per heavy atom. The number of ether oxygens (including phenoxy) is 2. The number of fused-ring (bicyclic) bond motifs is 1. The predicted molar refractivity (Wildman–Crippen MR) is 152 cm³/mol. The Morgan fingerprint density at radius 3 is 2.48 bits per heavy atom. The zero-order valence-electron chi connectivity index (χ0n) is 23.4. The van der Waals surface area contributed by atoms with E-state index >= 15 is 0 Å². The SMILES string of the molecule is COc1ccc(CCN(C(=O)Cn2nnc3ccccc32)C(C(=O)NCCC(C)C)c2ccncc2)cc1OC. The molecule has 0 spiro atoms. The summed E-state index contributed by atoms with van der Waals surface area (Å²) in [6.07, 6.45) is 4.59. The lowest BCUT2D eigenvalue weighted by Gasteiger charge is -2.31. The van der Waals surface area contributed by atoms with E-state index in [2.05, 4.69) is 34.5 Å². The van der Waals surface area contributed by atoms with E-state index in [-0.39, 0.29) is 24.9 Å². The van der Waals surface area contributed by atoms with Gasteiger partial charge >= 0.3 is 0 Å². The number of carbonyl (C=O) groups excluding carboxylic acids is 2. The van der Waals surface area contributed by atoms with Crippen LogP contribution in [0.25, 0.3) is 11.0 Å². The van der Waals surface area contributed by atoms with Crippen LogP contribution in [-0.4, -0.2) is 64.0 Å². The molecule has 0 aliphatic heterocycles. The van der Waals surface area contributed by atoms with Gasteiger partial charge in [0, 0.05) is 25.5 Å². The van der Waals surface area contributed by atoms with E-state index in [0.29, 0.717) is 41.5 Å².